The van der Waals surface area contributed by atoms with E-state index in [0.717, 1.165) is 5.56 Å². The fourth-order valence-corrected chi connectivity index (χ4v) is 1.58. The molecule has 0 radical (unpaired) electrons. The monoisotopic (exact) mass is 263 g/mol. The van der Waals surface area contributed by atoms with E-state index in [9.17, 15) is 4.39 Å². The van der Waals surface area contributed by atoms with Gasteiger partial charge in [-0.25, -0.2) is 4.39 Å². The number of benzene rings is 1. The third kappa shape index (κ3) is 3.61. The first-order chi connectivity index (χ1) is 8.85. The van der Waals surface area contributed by atoms with Gasteiger partial charge in [0.2, 0.25) is 5.89 Å². The van der Waals surface area contributed by atoms with Gasteiger partial charge < -0.3 is 9.73 Å². The van der Waals surface area contributed by atoms with Crippen LogP contribution in [0.2, 0.25) is 0 Å². The van der Waals surface area contributed by atoms with Crippen molar-refractivity contribution in [2.45, 2.75) is 39.8 Å². The Morgan fingerprint density at radius 3 is 2.68 bits per heavy atom. The summed E-state index contributed by atoms with van der Waals surface area (Å²) in [5.41, 5.74) is 1.25. The van der Waals surface area contributed by atoms with E-state index in [1.807, 2.05) is 27.7 Å². The van der Waals surface area contributed by atoms with Gasteiger partial charge in [0.25, 0.3) is 5.89 Å². The second-order valence-electron chi connectivity index (χ2n) is 5.59. The van der Waals surface area contributed by atoms with Crippen LogP contribution in [0.5, 0.6) is 0 Å². The number of nitrogens with one attached hydrogen (secondary N) is 1. The van der Waals surface area contributed by atoms with Gasteiger partial charge in [0.05, 0.1) is 12.1 Å². The number of rotatable bonds is 3. The lowest BCUT2D eigenvalue weighted by atomic mass is 10.1. The van der Waals surface area contributed by atoms with Crippen molar-refractivity contribution in [2.24, 2.45) is 0 Å². The molecule has 0 atom stereocenters. The van der Waals surface area contributed by atoms with Crippen LogP contribution in [0.25, 0.3) is 11.5 Å². The average Bonchev–Trinajstić information content (AvgIpc) is 2.77. The van der Waals surface area contributed by atoms with E-state index >= 15 is 0 Å². The smallest absolute Gasteiger partial charge is 0.250 e. The molecule has 0 aliphatic carbocycles. The van der Waals surface area contributed by atoms with Crippen LogP contribution in [0.15, 0.2) is 22.6 Å². The van der Waals surface area contributed by atoms with Crippen LogP contribution < -0.4 is 5.32 Å². The van der Waals surface area contributed by atoms with Crippen molar-refractivity contribution in [2.75, 3.05) is 0 Å². The molecular weight excluding hydrogens is 245 g/mol. The lowest BCUT2D eigenvalue weighted by Crippen LogP contribution is -2.35. The molecule has 0 saturated heterocycles. The van der Waals surface area contributed by atoms with Crippen molar-refractivity contribution in [3.63, 3.8) is 0 Å². The quantitative estimate of drug-likeness (QED) is 0.924. The van der Waals surface area contributed by atoms with Crippen LogP contribution in [0.1, 0.15) is 32.2 Å². The SMILES string of the molecule is Cc1ccc(F)c(-c2nnc(CNC(C)(C)C)o2)c1. The second-order valence-corrected chi connectivity index (χ2v) is 5.59. The number of aromatic nitrogens is 2. The molecule has 102 valence electrons. The summed E-state index contributed by atoms with van der Waals surface area (Å²) in [7, 11) is 0. The average molecular weight is 263 g/mol. The molecule has 2 aromatic rings. The molecule has 0 saturated carbocycles. The number of halogens is 1. The molecular formula is C14H18FN3O. The zero-order valence-corrected chi connectivity index (χ0v) is 11.6. The predicted molar refractivity (Wildman–Crippen MR) is 71.0 cm³/mol. The minimum atomic E-state index is -0.357. The molecule has 1 aromatic heterocycles. The Morgan fingerprint density at radius 2 is 2.00 bits per heavy atom. The summed E-state index contributed by atoms with van der Waals surface area (Å²) >= 11 is 0. The highest BCUT2D eigenvalue weighted by Crippen LogP contribution is 2.22. The van der Waals surface area contributed by atoms with Gasteiger partial charge in [-0.2, -0.15) is 0 Å². The van der Waals surface area contributed by atoms with E-state index in [2.05, 4.69) is 15.5 Å². The van der Waals surface area contributed by atoms with E-state index in [4.69, 9.17) is 4.42 Å². The molecule has 0 aliphatic rings. The van der Waals surface area contributed by atoms with Crippen LogP contribution in [0, 0.1) is 12.7 Å². The molecule has 0 spiro atoms. The van der Waals surface area contributed by atoms with E-state index in [-0.39, 0.29) is 17.2 Å². The normalized spacial score (nSPS) is 11.8. The molecule has 0 amide bonds. The first-order valence-corrected chi connectivity index (χ1v) is 6.19. The minimum Gasteiger partial charge on any atom is -0.419 e. The van der Waals surface area contributed by atoms with E-state index < -0.39 is 0 Å². The zero-order chi connectivity index (χ0) is 14.0. The zero-order valence-electron chi connectivity index (χ0n) is 11.6. The summed E-state index contributed by atoms with van der Waals surface area (Å²) in [5, 5.41) is 11.1. The van der Waals surface area contributed by atoms with Crippen LogP contribution in [0.4, 0.5) is 4.39 Å². The summed E-state index contributed by atoms with van der Waals surface area (Å²) < 4.78 is 19.2. The standard InChI is InChI=1S/C14H18FN3O/c1-9-5-6-11(15)10(7-9)13-18-17-12(19-13)8-16-14(2,3)4/h5-7,16H,8H2,1-4H3. The second kappa shape index (κ2) is 5.09. The Hall–Kier alpha value is -1.75. The topological polar surface area (TPSA) is 51.0 Å². The van der Waals surface area contributed by atoms with Gasteiger partial charge in [-0.1, -0.05) is 11.6 Å². The third-order valence-electron chi connectivity index (χ3n) is 2.59. The van der Waals surface area contributed by atoms with E-state index in [0.29, 0.717) is 18.0 Å². The summed E-state index contributed by atoms with van der Waals surface area (Å²) in [4.78, 5) is 0. The Morgan fingerprint density at radius 1 is 1.26 bits per heavy atom. The molecule has 1 aromatic carbocycles. The first-order valence-electron chi connectivity index (χ1n) is 6.19. The molecule has 19 heavy (non-hydrogen) atoms. The van der Waals surface area contributed by atoms with E-state index in [1.165, 1.54) is 6.07 Å². The van der Waals surface area contributed by atoms with Crippen LogP contribution in [-0.2, 0) is 6.54 Å². The summed E-state index contributed by atoms with van der Waals surface area (Å²) in [6.07, 6.45) is 0. The fourth-order valence-electron chi connectivity index (χ4n) is 1.58. The number of nitrogens with zero attached hydrogens (tertiary/aromatic N) is 2. The predicted octanol–water partition coefficient (Wildman–Crippen LogP) is 3.07. The highest BCUT2D eigenvalue weighted by Gasteiger charge is 2.15. The van der Waals surface area contributed by atoms with Crippen LogP contribution in [-0.4, -0.2) is 15.7 Å². The summed E-state index contributed by atoms with van der Waals surface area (Å²) in [6.45, 7) is 8.49. The maximum atomic E-state index is 13.7. The lowest BCUT2D eigenvalue weighted by molar-refractivity contribution is 0.383. The minimum absolute atomic E-state index is 0.0385. The van der Waals surface area contributed by atoms with Crippen LogP contribution in [0.3, 0.4) is 0 Å². The maximum Gasteiger partial charge on any atom is 0.250 e. The molecule has 5 heteroatoms. The highest BCUT2D eigenvalue weighted by molar-refractivity contribution is 5.54. The Balaban J connectivity index is 2.19. The molecule has 4 nitrogen and oxygen atoms in total. The fraction of sp³-hybridized carbons (Fsp3) is 0.429. The van der Waals surface area contributed by atoms with Crippen molar-refractivity contribution < 1.29 is 8.81 Å². The molecule has 2 rings (SSSR count). The van der Waals surface area contributed by atoms with Gasteiger partial charge in [-0.05, 0) is 39.8 Å². The van der Waals surface area contributed by atoms with Crippen molar-refractivity contribution in [3.8, 4) is 11.5 Å². The number of hydrogen-bond donors (Lipinski definition) is 1. The third-order valence-corrected chi connectivity index (χ3v) is 2.59. The molecule has 0 aliphatic heterocycles. The maximum absolute atomic E-state index is 13.7. The van der Waals surface area contributed by atoms with Crippen molar-refractivity contribution in [1.82, 2.24) is 15.5 Å². The van der Waals surface area contributed by atoms with Crippen molar-refractivity contribution in [1.29, 1.82) is 0 Å². The summed E-state index contributed by atoms with van der Waals surface area (Å²) in [6, 6.07) is 4.81. The van der Waals surface area contributed by atoms with E-state index in [1.54, 1.807) is 12.1 Å². The molecule has 0 fully saturated rings. The Kier molecular flexibility index (Phi) is 3.66. The van der Waals surface area contributed by atoms with Gasteiger partial charge in [0, 0.05) is 5.54 Å². The number of aryl methyl sites for hydroxylation is 1. The van der Waals surface area contributed by atoms with Crippen molar-refractivity contribution in [3.05, 3.63) is 35.5 Å². The lowest BCUT2D eigenvalue weighted by Gasteiger charge is -2.18. The van der Waals surface area contributed by atoms with Gasteiger partial charge >= 0.3 is 0 Å². The molecule has 0 unspecified atom stereocenters. The Labute approximate surface area is 112 Å². The Bertz CT molecular complexity index is 572. The molecule has 1 N–H and O–H groups in total. The largest absolute Gasteiger partial charge is 0.419 e. The van der Waals surface area contributed by atoms with Crippen LogP contribution >= 0.6 is 0 Å². The van der Waals surface area contributed by atoms with Crippen molar-refractivity contribution >= 4 is 0 Å². The highest BCUT2D eigenvalue weighted by atomic mass is 19.1. The van der Waals surface area contributed by atoms with Gasteiger partial charge in [0.15, 0.2) is 0 Å². The molecule has 0 bridgehead atoms. The summed E-state index contributed by atoms with van der Waals surface area (Å²) in [5.74, 6) is 0.308. The van der Waals surface area contributed by atoms with Gasteiger partial charge in [-0.15, -0.1) is 10.2 Å². The first kappa shape index (κ1) is 13.7. The molecule has 1 heterocycles. The number of hydrogen-bond acceptors (Lipinski definition) is 4. The van der Waals surface area contributed by atoms with Gasteiger partial charge in [-0.3, -0.25) is 0 Å². The van der Waals surface area contributed by atoms with Gasteiger partial charge in [0.1, 0.15) is 5.82 Å².